The summed E-state index contributed by atoms with van der Waals surface area (Å²) in [4.78, 5) is 0. The van der Waals surface area contributed by atoms with E-state index in [9.17, 15) is 13.2 Å². The molecule has 1 aromatic carbocycles. The van der Waals surface area contributed by atoms with Crippen LogP contribution in [0.2, 0.25) is 0 Å². The zero-order valence-electron chi connectivity index (χ0n) is 9.98. The molecule has 1 heterocycles. The minimum absolute atomic E-state index is 0.387. The summed E-state index contributed by atoms with van der Waals surface area (Å²) in [5, 5.41) is 10.4. The Kier molecular flexibility index (Phi) is 3.88. The lowest BCUT2D eigenvalue weighted by atomic mass is 10.3. The second-order valence-electron chi connectivity index (χ2n) is 3.73. The van der Waals surface area contributed by atoms with Crippen LogP contribution in [0, 0.1) is 5.82 Å². The first kappa shape index (κ1) is 13.2. The average molecular weight is 272 g/mol. The number of halogens is 3. The molecular weight excluding hydrogens is 261 g/mol. The van der Waals surface area contributed by atoms with Gasteiger partial charge in [0.25, 0.3) is 0 Å². The van der Waals surface area contributed by atoms with Crippen LogP contribution in [0.4, 0.5) is 18.9 Å². The van der Waals surface area contributed by atoms with Gasteiger partial charge >= 0.3 is 6.61 Å². The van der Waals surface area contributed by atoms with Gasteiger partial charge in [-0.3, -0.25) is 4.68 Å². The van der Waals surface area contributed by atoms with E-state index in [1.165, 1.54) is 6.07 Å². The molecule has 5 nitrogen and oxygen atoms in total. The molecule has 0 unspecified atom stereocenters. The van der Waals surface area contributed by atoms with Gasteiger partial charge in [0.1, 0.15) is 0 Å². The van der Waals surface area contributed by atoms with E-state index in [1.54, 1.807) is 17.9 Å². The van der Waals surface area contributed by atoms with E-state index in [4.69, 9.17) is 0 Å². The van der Waals surface area contributed by atoms with Gasteiger partial charge in [0.2, 0.25) is 0 Å². The van der Waals surface area contributed by atoms with Crippen molar-refractivity contribution in [1.82, 2.24) is 15.0 Å². The number of rotatable bonds is 5. The molecule has 1 N–H and O–H groups in total. The summed E-state index contributed by atoms with van der Waals surface area (Å²) in [6.07, 6.45) is 1.57. The van der Waals surface area contributed by atoms with Crippen LogP contribution in [0.1, 0.15) is 5.69 Å². The molecule has 0 radical (unpaired) electrons. The van der Waals surface area contributed by atoms with Crippen LogP contribution in [0.3, 0.4) is 0 Å². The first-order valence-corrected chi connectivity index (χ1v) is 5.38. The Morgan fingerprint density at radius 2 is 2.21 bits per heavy atom. The lowest BCUT2D eigenvalue weighted by Crippen LogP contribution is -2.07. The van der Waals surface area contributed by atoms with Gasteiger partial charge in [-0.05, 0) is 12.1 Å². The molecule has 102 valence electrons. The fraction of sp³-hybridized carbons (Fsp3) is 0.273. The third-order valence-electron chi connectivity index (χ3n) is 2.43. The molecule has 0 saturated carbocycles. The maximum Gasteiger partial charge on any atom is 0.387 e. The molecule has 2 rings (SSSR count). The van der Waals surface area contributed by atoms with E-state index in [2.05, 4.69) is 20.4 Å². The minimum Gasteiger partial charge on any atom is -0.432 e. The predicted molar refractivity (Wildman–Crippen MR) is 61.4 cm³/mol. The maximum absolute atomic E-state index is 13.4. The number of aromatic nitrogens is 3. The smallest absolute Gasteiger partial charge is 0.387 e. The number of alkyl halides is 2. The van der Waals surface area contributed by atoms with Crippen molar-refractivity contribution in [2.75, 3.05) is 5.32 Å². The molecule has 0 aliphatic heterocycles. The normalized spacial score (nSPS) is 10.8. The second kappa shape index (κ2) is 5.59. The molecule has 0 aliphatic rings. The van der Waals surface area contributed by atoms with Crippen molar-refractivity contribution in [1.29, 1.82) is 0 Å². The number of hydrogen-bond acceptors (Lipinski definition) is 4. The van der Waals surface area contributed by atoms with Crippen LogP contribution in [-0.2, 0) is 13.6 Å². The SMILES string of the molecule is Cn1nncc1CNc1ccc(OC(F)F)c(F)c1. The standard InChI is InChI=1S/C11H11F3N4O/c1-18-8(6-16-17-18)5-15-7-2-3-10(9(12)4-7)19-11(13)14/h2-4,6,11,15H,5H2,1H3. The highest BCUT2D eigenvalue weighted by Gasteiger charge is 2.10. The van der Waals surface area contributed by atoms with Gasteiger partial charge < -0.3 is 10.1 Å². The van der Waals surface area contributed by atoms with Gasteiger partial charge in [0.15, 0.2) is 11.6 Å². The third-order valence-corrected chi connectivity index (χ3v) is 2.43. The van der Waals surface area contributed by atoms with E-state index in [1.807, 2.05) is 0 Å². The molecule has 0 spiro atoms. The van der Waals surface area contributed by atoms with Crippen LogP contribution < -0.4 is 10.1 Å². The molecule has 0 saturated heterocycles. The molecule has 2 aromatic rings. The van der Waals surface area contributed by atoms with Crippen LogP contribution in [0.5, 0.6) is 5.75 Å². The van der Waals surface area contributed by atoms with Gasteiger partial charge in [-0.2, -0.15) is 8.78 Å². The number of hydrogen-bond donors (Lipinski definition) is 1. The van der Waals surface area contributed by atoms with E-state index >= 15 is 0 Å². The Bertz CT molecular complexity index is 559. The van der Waals surface area contributed by atoms with Crippen LogP contribution in [0.25, 0.3) is 0 Å². The Morgan fingerprint density at radius 1 is 1.42 bits per heavy atom. The molecule has 0 amide bonds. The van der Waals surface area contributed by atoms with Gasteiger partial charge in [0, 0.05) is 18.8 Å². The molecular formula is C11H11F3N4O. The van der Waals surface area contributed by atoms with Crippen molar-refractivity contribution in [3.05, 3.63) is 35.9 Å². The Morgan fingerprint density at radius 3 is 2.79 bits per heavy atom. The quantitative estimate of drug-likeness (QED) is 0.906. The minimum atomic E-state index is -3.05. The fourth-order valence-corrected chi connectivity index (χ4v) is 1.47. The van der Waals surface area contributed by atoms with Gasteiger partial charge in [-0.1, -0.05) is 5.21 Å². The highest BCUT2D eigenvalue weighted by atomic mass is 19.3. The average Bonchev–Trinajstić information content (AvgIpc) is 2.75. The Labute approximate surface area is 107 Å². The molecule has 0 aliphatic carbocycles. The number of ether oxygens (including phenoxy) is 1. The van der Waals surface area contributed by atoms with Crippen molar-refractivity contribution < 1.29 is 17.9 Å². The first-order valence-electron chi connectivity index (χ1n) is 5.38. The third kappa shape index (κ3) is 3.36. The van der Waals surface area contributed by atoms with Gasteiger partial charge in [-0.15, -0.1) is 5.10 Å². The number of benzene rings is 1. The van der Waals surface area contributed by atoms with Gasteiger partial charge in [-0.25, -0.2) is 4.39 Å². The summed E-state index contributed by atoms with van der Waals surface area (Å²) in [5.41, 5.74) is 1.24. The topological polar surface area (TPSA) is 52.0 Å². The molecule has 1 aromatic heterocycles. The van der Waals surface area contributed by atoms with Crippen molar-refractivity contribution >= 4 is 5.69 Å². The number of anilines is 1. The molecule has 19 heavy (non-hydrogen) atoms. The van der Waals surface area contributed by atoms with Crippen molar-refractivity contribution in [3.8, 4) is 5.75 Å². The summed E-state index contributed by atoms with van der Waals surface area (Å²) >= 11 is 0. The number of nitrogens with zero attached hydrogens (tertiary/aromatic N) is 3. The number of aryl methyl sites for hydroxylation is 1. The van der Waals surface area contributed by atoms with Crippen LogP contribution >= 0.6 is 0 Å². The molecule has 0 fully saturated rings. The Balaban J connectivity index is 2.02. The predicted octanol–water partition coefficient (Wildman–Crippen LogP) is 2.17. The summed E-state index contributed by atoms with van der Waals surface area (Å²) < 4.78 is 42.9. The fourth-order valence-electron chi connectivity index (χ4n) is 1.47. The van der Waals surface area contributed by atoms with E-state index in [0.29, 0.717) is 12.2 Å². The maximum atomic E-state index is 13.4. The molecule has 0 bridgehead atoms. The van der Waals surface area contributed by atoms with Crippen LogP contribution in [0.15, 0.2) is 24.4 Å². The second-order valence-corrected chi connectivity index (χ2v) is 3.73. The highest BCUT2D eigenvalue weighted by Crippen LogP contribution is 2.23. The Hall–Kier alpha value is -2.25. The van der Waals surface area contributed by atoms with Crippen molar-refractivity contribution in [2.45, 2.75) is 13.2 Å². The zero-order valence-corrected chi connectivity index (χ0v) is 9.98. The van der Waals surface area contributed by atoms with E-state index < -0.39 is 18.2 Å². The lowest BCUT2D eigenvalue weighted by molar-refractivity contribution is -0.0521. The monoisotopic (exact) mass is 272 g/mol. The summed E-state index contributed by atoms with van der Waals surface area (Å²) in [6.45, 7) is -2.66. The van der Waals surface area contributed by atoms with E-state index in [0.717, 1.165) is 17.8 Å². The highest BCUT2D eigenvalue weighted by molar-refractivity contribution is 5.47. The first-order chi connectivity index (χ1) is 9.06. The summed E-state index contributed by atoms with van der Waals surface area (Å²) in [6, 6.07) is 3.68. The van der Waals surface area contributed by atoms with Crippen LogP contribution in [-0.4, -0.2) is 21.6 Å². The largest absolute Gasteiger partial charge is 0.432 e. The lowest BCUT2D eigenvalue weighted by Gasteiger charge is -2.09. The van der Waals surface area contributed by atoms with E-state index in [-0.39, 0.29) is 0 Å². The number of nitrogens with one attached hydrogen (secondary N) is 1. The molecule has 0 atom stereocenters. The summed E-state index contributed by atoms with van der Waals surface area (Å²) in [7, 11) is 1.73. The zero-order chi connectivity index (χ0) is 13.8. The molecule has 8 heteroatoms. The summed E-state index contributed by atoms with van der Waals surface area (Å²) in [5.74, 6) is -1.34. The van der Waals surface area contributed by atoms with Crippen molar-refractivity contribution in [3.63, 3.8) is 0 Å². The van der Waals surface area contributed by atoms with Gasteiger partial charge in [0.05, 0.1) is 18.4 Å². The van der Waals surface area contributed by atoms with Crippen molar-refractivity contribution in [2.24, 2.45) is 7.05 Å².